The molecule has 0 amide bonds. The van der Waals surface area contributed by atoms with Gasteiger partial charge in [0.2, 0.25) is 0 Å². The van der Waals surface area contributed by atoms with Crippen molar-refractivity contribution in [3.05, 3.63) is 74.6 Å². The summed E-state index contributed by atoms with van der Waals surface area (Å²) in [6.45, 7) is 0.0456. The lowest BCUT2D eigenvalue weighted by molar-refractivity contribution is -0.384. The Balaban J connectivity index is 2.08. The molecule has 24 heavy (non-hydrogen) atoms. The van der Waals surface area contributed by atoms with Gasteiger partial charge in [-0.25, -0.2) is 9.37 Å². The molecule has 0 N–H and O–H groups in total. The summed E-state index contributed by atoms with van der Waals surface area (Å²) in [6.07, 6.45) is 1.28. The number of nitro groups is 1. The minimum Gasteiger partial charge on any atom is -0.496 e. The SMILES string of the molecule is COc1ccc([N+](=O)[O-])cc1Cn1cnc2cc(F)ccc2c1=O. The Morgan fingerprint density at radius 3 is 2.79 bits per heavy atom. The van der Waals surface area contributed by atoms with Crippen molar-refractivity contribution in [1.29, 1.82) is 0 Å². The second-order valence-corrected chi connectivity index (χ2v) is 5.09. The van der Waals surface area contributed by atoms with Crippen LogP contribution in [0.4, 0.5) is 10.1 Å². The zero-order valence-corrected chi connectivity index (χ0v) is 12.6. The molecule has 0 spiro atoms. The van der Waals surface area contributed by atoms with E-state index in [1.54, 1.807) is 0 Å². The number of rotatable bonds is 4. The minimum atomic E-state index is -0.521. The molecule has 3 aromatic rings. The normalized spacial score (nSPS) is 10.8. The van der Waals surface area contributed by atoms with Crippen molar-refractivity contribution in [2.75, 3.05) is 7.11 Å². The first kappa shape index (κ1) is 15.6. The first-order valence-electron chi connectivity index (χ1n) is 6.95. The predicted molar refractivity (Wildman–Crippen MR) is 84.7 cm³/mol. The zero-order valence-electron chi connectivity index (χ0n) is 12.6. The maximum absolute atomic E-state index is 13.2. The van der Waals surface area contributed by atoms with Gasteiger partial charge in [-0.1, -0.05) is 0 Å². The molecular weight excluding hydrogens is 317 g/mol. The fourth-order valence-corrected chi connectivity index (χ4v) is 2.43. The Morgan fingerprint density at radius 2 is 2.08 bits per heavy atom. The molecule has 0 saturated heterocycles. The van der Waals surface area contributed by atoms with E-state index in [2.05, 4.69) is 4.98 Å². The largest absolute Gasteiger partial charge is 0.496 e. The second kappa shape index (κ2) is 6.07. The van der Waals surface area contributed by atoms with Crippen LogP contribution in [0.15, 0.2) is 47.5 Å². The molecule has 0 saturated carbocycles. The van der Waals surface area contributed by atoms with E-state index in [9.17, 15) is 19.3 Å². The van der Waals surface area contributed by atoms with Crippen molar-refractivity contribution in [3.63, 3.8) is 0 Å². The number of nitrogens with zero attached hydrogens (tertiary/aromatic N) is 3. The van der Waals surface area contributed by atoms with E-state index >= 15 is 0 Å². The third-order valence-corrected chi connectivity index (χ3v) is 3.60. The molecule has 2 aromatic carbocycles. The van der Waals surface area contributed by atoms with Gasteiger partial charge in [0, 0.05) is 23.8 Å². The summed E-state index contributed by atoms with van der Waals surface area (Å²) in [5.74, 6) is -0.0563. The number of ether oxygens (including phenoxy) is 1. The number of nitro benzene ring substituents is 1. The molecule has 1 heterocycles. The lowest BCUT2D eigenvalue weighted by atomic mass is 10.1. The third kappa shape index (κ3) is 2.81. The highest BCUT2D eigenvalue weighted by molar-refractivity contribution is 5.77. The van der Waals surface area contributed by atoms with Crippen LogP contribution in [0.2, 0.25) is 0 Å². The summed E-state index contributed by atoms with van der Waals surface area (Å²) < 4.78 is 19.7. The zero-order chi connectivity index (χ0) is 17.3. The van der Waals surface area contributed by atoms with Crippen LogP contribution in [-0.4, -0.2) is 21.6 Å². The molecule has 0 aliphatic rings. The monoisotopic (exact) mass is 329 g/mol. The number of aromatic nitrogens is 2. The van der Waals surface area contributed by atoms with Crippen LogP contribution < -0.4 is 10.3 Å². The molecule has 0 radical (unpaired) electrons. The van der Waals surface area contributed by atoms with Gasteiger partial charge in [-0.15, -0.1) is 0 Å². The first-order chi connectivity index (χ1) is 11.5. The smallest absolute Gasteiger partial charge is 0.270 e. The van der Waals surface area contributed by atoms with Crippen molar-refractivity contribution >= 4 is 16.6 Å². The minimum absolute atomic E-state index is 0.0456. The average molecular weight is 329 g/mol. The fraction of sp³-hybridized carbons (Fsp3) is 0.125. The second-order valence-electron chi connectivity index (χ2n) is 5.09. The van der Waals surface area contributed by atoms with Crippen molar-refractivity contribution in [2.24, 2.45) is 0 Å². The lowest BCUT2D eigenvalue weighted by Crippen LogP contribution is -2.21. The van der Waals surface area contributed by atoms with Crippen LogP contribution in [0.5, 0.6) is 5.75 Å². The van der Waals surface area contributed by atoms with E-state index in [-0.39, 0.29) is 28.7 Å². The van der Waals surface area contributed by atoms with Crippen molar-refractivity contribution in [2.45, 2.75) is 6.54 Å². The number of benzene rings is 2. The molecule has 0 atom stereocenters. The number of methoxy groups -OCH3 is 1. The number of fused-ring (bicyclic) bond motifs is 1. The molecule has 1 aromatic heterocycles. The van der Waals surface area contributed by atoms with Crippen LogP contribution in [0.25, 0.3) is 10.9 Å². The van der Waals surface area contributed by atoms with Crippen molar-refractivity contribution < 1.29 is 14.1 Å². The maximum atomic E-state index is 13.2. The average Bonchev–Trinajstić information content (AvgIpc) is 2.57. The first-order valence-corrected chi connectivity index (χ1v) is 6.95. The van der Waals surface area contributed by atoms with E-state index in [0.717, 1.165) is 0 Å². The molecule has 3 rings (SSSR count). The van der Waals surface area contributed by atoms with E-state index in [4.69, 9.17) is 4.74 Å². The molecule has 0 fully saturated rings. The number of hydrogen-bond acceptors (Lipinski definition) is 5. The van der Waals surface area contributed by atoms with E-state index in [1.807, 2.05) is 0 Å². The van der Waals surface area contributed by atoms with Crippen LogP contribution >= 0.6 is 0 Å². The maximum Gasteiger partial charge on any atom is 0.270 e. The van der Waals surface area contributed by atoms with Gasteiger partial charge in [-0.05, 0) is 18.2 Å². The summed E-state index contributed by atoms with van der Waals surface area (Å²) >= 11 is 0. The molecule has 0 aliphatic heterocycles. The van der Waals surface area contributed by atoms with Crippen LogP contribution in [0, 0.1) is 15.9 Å². The molecule has 7 nitrogen and oxygen atoms in total. The summed E-state index contributed by atoms with van der Waals surface area (Å²) in [5.41, 5.74) is 0.252. The summed E-state index contributed by atoms with van der Waals surface area (Å²) in [6, 6.07) is 7.87. The quantitative estimate of drug-likeness (QED) is 0.542. The fourth-order valence-electron chi connectivity index (χ4n) is 2.43. The van der Waals surface area contributed by atoms with E-state index < -0.39 is 10.7 Å². The van der Waals surface area contributed by atoms with Gasteiger partial charge < -0.3 is 4.74 Å². The van der Waals surface area contributed by atoms with Gasteiger partial charge in [0.1, 0.15) is 11.6 Å². The molecule has 0 bridgehead atoms. The van der Waals surface area contributed by atoms with Crippen LogP contribution in [0.3, 0.4) is 0 Å². The van der Waals surface area contributed by atoms with E-state index in [1.165, 1.54) is 54.4 Å². The Bertz CT molecular complexity index is 1000. The highest BCUT2D eigenvalue weighted by atomic mass is 19.1. The molecule has 0 unspecified atom stereocenters. The Morgan fingerprint density at radius 1 is 1.29 bits per heavy atom. The standard InChI is InChI=1S/C16H12FN3O4/c1-24-15-5-3-12(20(22)23)6-10(15)8-19-9-18-14-7-11(17)2-4-13(14)16(19)21/h2-7,9H,8H2,1H3. The van der Waals surface area contributed by atoms with Gasteiger partial charge in [-0.3, -0.25) is 19.5 Å². The van der Waals surface area contributed by atoms with Gasteiger partial charge in [0.25, 0.3) is 11.2 Å². The van der Waals surface area contributed by atoms with Crippen LogP contribution in [-0.2, 0) is 6.54 Å². The number of non-ortho nitro benzene ring substituents is 1. The Hall–Kier alpha value is -3.29. The number of hydrogen-bond donors (Lipinski definition) is 0. The number of halogens is 1. The highest BCUT2D eigenvalue weighted by Crippen LogP contribution is 2.24. The summed E-state index contributed by atoms with van der Waals surface area (Å²) in [7, 11) is 1.44. The van der Waals surface area contributed by atoms with Gasteiger partial charge in [0.05, 0.1) is 35.8 Å². The van der Waals surface area contributed by atoms with Gasteiger partial charge in [-0.2, -0.15) is 0 Å². The molecule has 122 valence electrons. The summed E-state index contributed by atoms with van der Waals surface area (Å²) in [4.78, 5) is 27.0. The van der Waals surface area contributed by atoms with Crippen LogP contribution in [0.1, 0.15) is 5.56 Å². The van der Waals surface area contributed by atoms with Crippen molar-refractivity contribution in [3.8, 4) is 5.75 Å². The van der Waals surface area contributed by atoms with Gasteiger partial charge in [0.15, 0.2) is 0 Å². The molecular formula is C16H12FN3O4. The Labute approximate surface area is 135 Å². The molecule has 0 aliphatic carbocycles. The van der Waals surface area contributed by atoms with Gasteiger partial charge >= 0.3 is 0 Å². The van der Waals surface area contributed by atoms with Crippen molar-refractivity contribution in [1.82, 2.24) is 9.55 Å². The third-order valence-electron chi connectivity index (χ3n) is 3.60. The predicted octanol–water partition coefficient (Wildman–Crippen LogP) is 2.50. The lowest BCUT2D eigenvalue weighted by Gasteiger charge is -2.10. The summed E-state index contributed by atoms with van der Waals surface area (Å²) in [5, 5.41) is 11.2. The van der Waals surface area contributed by atoms with E-state index in [0.29, 0.717) is 11.3 Å². The molecule has 8 heteroatoms. The Kier molecular flexibility index (Phi) is 3.95. The highest BCUT2D eigenvalue weighted by Gasteiger charge is 2.13. The topological polar surface area (TPSA) is 87.3 Å².